The molecule has 0 saturated heterocycles. The molecule has 1 heterocycles. The summed E-state index contributed by atoms with van der Waals surface area (Å²) in [6, 6.07) is 17.2. The number of hydrogen-bond acceptors (Lipinski definition) is 4. The lowest BCUT2D eigenvalue weighted by Gasteiger charge is -2.07. The Morgan fingerprint density at radius 3 is 2.50 bits per heavy atom. The van der Waals surface area contributed by atoms with Gasteiger partial charge in [0.05, 0.1) is 11.9 Å². The topological polar surface area (TPSA) is 84.2 Å². The van der Waals surface area contributed by atoms with Gasteiger partial charge in [-0.1, -0.05) is 35.5 Å². The second-order valence-electron chi connectivity index (χ2n) is 6.47. The molecule has 30 heavy (non-hydrogen) atoms. The predicted molar refractivity (Wildman–Crippen MR) is 107 cm³/mol. The van der Waals surface area contributed by atoms with Gasteiger partial charge in [0.1, 0.15) is 5.52 Å². The summed E-state index contributed by atoms with van der Waals surface area (Å²) in [6.07, 6.45) is 0. The number of benzene rings is 3. The van der Waals surface area contributed by atoms with E-state index in [-0.39, 0.29) is 12.2 Å². The number of rotatable bonds is 5. The summed E-state index contributed by atoms with van der Waals surface area (Å²) < 4.78 is 31.6. The molecule has 0 radical (unpaired) electrons. The number of hydrogen-bond donors (Lipinski definition) is 2. The third kappa shape index (κ3) is 4.02. The van der Waals surface area contributed by atoms with Gasteiger partial charge in [-0.25, -0.2) is 8.78 Å². The fraction of sp³-hybridized carbons (Fsp3) is 0.0455. The van der Waals surface area contributed by atoms with Crippen LogP contribution in [0, 0.1) is 11.6 Å². The van der Waals surface area contributed by atoms with Gasteiger partial charge < -0.3 is 15.2 Å². The SMILES string of the molecule is O=C(CNC(=O)c1ccc2noc(-c3ccccc3)c2c1)Nc1ccc(F)c(F)c1. The maximum Gasteiger partial charge on any atom is 0.251 e. The lowest BCUT2D eigenvalue weighted by Crippen LogP contribution is -2.32. The molecule has 0 unspecified atom stereocenters. The van der Waals surface area contributed by atoms with Crippen LogP contribution in [0.3, 0.4) is 0 Å². The van der Waals surface area contributed by atoms with Gasteiger partial charge in [0.2, 0.25) is 5.91 Å². The summed E-state index contributed by atoms with van der Waals surface area (Å²) in [5, 5.41) is 9.55. The van der Waals surface area contributed by atoms with E-state index in [4.69, 9.17) is 4.52 Å². The molecule has 2 N–H and O–H groups in total. The number of nitrogens with zero attached hydrogens (tertiary/aromatic N) is 1. The third-order valence-electron chi connectivity index (χ3n) is 4.39. The highest BCUT2D eigenvalue weighted by Gasteiger charge is 2.15. The van der Waals surface area contributed by atoms with Crippen LogP contribution in [0.15, 0.2) is 71.3 Å². The molecule has 2 amide bonds. The molecule has 0 atom stereocenters. The van der Waals surface area contributed by atoms with E-state index in [0.29, 0.717) is 22.2 Å². The lowest BCUT2D eigenvalue weighted by molar-refractivity contribution is -0.115. The van der Waals surface area contributed by atoms with E-state index >= 15 is 0 Å². The molecule has 3 aromatic carbocycles. The Kier molecular flexibility index (Phi) is 5.21. The van der Waals surface area contributed by atoms with Crippen LogP contribution >= 0.6 is 0 Å². The van der Waals surface area contributed by atoms with Crippen molar-refractivity contribution < 1.29 is 22.9 Å². The van der Waals surface area contributed by atoms with Gasteiger partial charge in [-0.05, 0) is 30.3 Å². The first-order chi connectivity index (χ1) is 14.5. The molecule has 0 aliphatic carbocycles. The molecule has 0 aliphatic heterocycles. The zero-order valence-electron chi connectivity index (χ0n) is 15.5. The number of amides is 2. The summed E-state index contributed by atoms with van der Waals surface area (Å²) in [6.45, 7) is -0.342. The smallest absolute Gasteiger partial charge is 0.251 e. The summed E-state index contributed by atoms with van der Waals surface area (Å²) in [7, 11) is 0. The van der Waals surface area contributed by atoms with Crippen LogP contribution < -0.4 is 10.6 Å². The van der Waals surface area contributed by atoms with Crippen LogP contribution in [0.2, 0.25) is 0 Å². The minimum absolute atomic E-state index is 0.0894. The van der Waals surface area contributed by atoms with Crippen molar-refractivity contribution in [2.45, 2.75) is 0 Å². The normalized spacial score (nSPS) is 10.7. The highest BCUT2D eigenvalue weighted by atomic mass is 19.2. The van der Waals surface area contributed by atoms with Crippen molar-refractivity contribution >= 4 is 28.4 Å². The molecule has 8 heteroatoms. The van der Waals surface area contributed by atoms with Crippen LogP contribution in [-0.2, 0) is 4.79 Å². The monoisotopic (exact) mass is 407 g/mol. The van der Waals surface area contributed by atoms with E-state index < -0.39 is 23.4 Å². The van der Waals surface area contributed by atoms with Gasteiger partial charge in [-0.3, -0.25) is 9.59 Å². The quantitative estimate of drug-likeness (QED) is 0.521. The van der Waals surface area contributed by atoms with Crippen LogP contribution in [0.5, 0.6) is 0 Å². The van der Waals surface area contributed by atoms with Crippen molar-refractivity contribution in [3.63, 3.8) is 0 Å². The van der Waals surface area contributed by atoms with E-state index in [1.165, 1.54) is 6.07 Å². The van der Waals surface area contributed by atoms with Crippen LogP contribution in [0.1, 0.15) is 10.4 Å². The molecule has 0 saturated carbocycles. The lowest BCUT2D eigenvalue weighted by atomic mass is 10.1. The second-order valence-corrected chi connectivity index (χ2v) is 6.47. The van der Waals surface area contributed by atoms with E-state index in [0.717, 1.165) is 17.7 Å². The molecule has 0 spiro atoms. The van der Waals surface area contributed by atoms with Gasteiger partial charge in [0.15, 0.2) is 17.4 Å². The summed E-state index contributed by atoms with van der Waals surface area (Å²) in [4.78, 5) is 24.4. The molecule has 0 fully saturated rings. The average Bonchev–Trinajstić information content (AvgIpc) is 3.18. The Morgan fingerprint density at radius 1 is 0.933 bits per heavy atom. The van der Waals surface area contributed by atoms with Gasteiger partial charge in [-0.15, -0.1) is 0 Å². The first kappa shape index (κ1) is 19.3. The maximum absolute atomic E-state index is 13.2. The molecule has 4 aromatic rings. The second kappa shape index (κ2) is 8.12. The minimum Gasteiger partial charge on any atom is -0.355 e. The zero-order valence-corrected chi connectivity index (χ0v) is 15.5. The predicted octanol–water partition coefficient (Wildman–Crippen LogP) is 4.14. The van der Waals surface area contributed by atoms with Crippen molar-refractivity contribution in [1.82, 2.24) is 10.5 Å². The number of aromatic nitrogens is 1. The van der Waals surface area contributed by atoms with Crippen molar-refractivity contribution in [3.8, 4) is 11.3 Å². The Balaban J connectivity index is 1.45. The Bertz CT molecular complexity index is 1240. The number of carbonyl (C=O) groups is 2. The zero-order chi connectivity index (χ0) is 21.1. The highest BCUT2D eigenvalue weighted by molar-refractivity contribution is 6.03. The van der Waals surface area contributed by atoms with Gasteiger partial charge in [0, 0.05) is 22.9 Å². The summed E-state index contributed by atoms with van der Waals surface area (Å²) in [5.41, 5.74) is 1.83. The van der Waals surface area contributed by atoms with Gasteiger partial charge in [-0.2, -0.15) is 0 Å². The summed E-state index contributed by atoms with van der Waals surface area (Å²) >= 11 is 0. The van der Waals surface area contributed by atoms with Gasteiger partial charge >= 0.3 is 0 Å². The molecule has 1 aromatic heterocycles. The van der Waals surface area contributed by atoms with Crippen molar-refractivity contribution in [2.24, 2.45) is 0 Å². The average molecular weight is 407 g/mol. The van der Waals surface area contributed by atoms with E-state index in [2.05, 4.69) is 15.8 Å². The Labute approximate surface area is 169 Å². The maximum atomic E-state index is 13.2. The molecule has 0 aliphatic rings. The van der Waals surface area contributed by atoms with E-state index in [1.54, 1.807) is 18.2 Å². The molecule has 150 valence electrons. The van der Waals surface area contributed by atoms with Crippen LogP contribution in [0.4, 0.5) is 14.5 Å². The number of halogens is 2. The molecular formula is C22H15F2N3O3. The van der Waals surface area contributed by atoms with Crippen molar-refractivity contribution in [2.75, 3.05) is 11.9 Å². The van der Waals surface area contributed by atoms with Crippen LogP contribution in [-0.4, -0.2) is 23.5 Å². The fourth-order valence-corrected chi connectivity index (χ4v) is 2.92. The summed E-state index contributed by atoms with van der Waals surface area (Å²) in [5.74, 6) is -2.60. The van der Waals surface area contributed by atoms with E-state index in [1.807, 2.05) is 30.3 Å². The van der Waals surface area contributed by atoms with Crippen molar-refractivity contribution in [1.29, 1.82) is 0 Å². The molecule has 6 nitrogen and oxygen atoms in total. The standard InChI is InChI=1S/C22H15F2N3O3/c23-17-8-7-15(11-18(17)24)26-20(28)12-25-22(29)14-6-9-19-16(10-14)21(30-27-19)13-4-2-1-3-5-13/h1-11H,12H2,(H,25,29)(H,26,28). The number of carbonyl (C=O) groups excluding carboxylic acids is 2. The fourth-order valence-electron chi connectivity index (χ4n) is 2.92. The number of nitrogens with one attached hydrogen (secondary N) is 2. The number of anilines is 1. The molecular weight excluding hydrogens is 392 g/mol. The van der Waals surface area contributed by atoms with Gasteiger partial charge in [0.25, 0.3) is 5.91 Å². The third-order valence-corrected chi connectivity index (χ3v) is 4.39. The Hall–Kier alpha value is -4.07. The minimum atomic E-state index is -1.08. The first-order valence-corrected chi connectivity index (χ1v) is 8.99. The highest BCUT2D eigenvalue weighted by Crippen LogP contribution is 2.29. The molecule has 0 bridgehead atoms. The number of fused-ring (bicyclic) bond motifs is 1. The van der Waals surface area contributed by atoms with Crippen LogP contribution in [0.25, 0.3) is 22.2 Å². The largest absolute Gasteiger partial charge is 0.355 e. The van der Waals surface area contributed by atoms with E-state index in [9.17, 15) is 18.4 Å². The first-order valence-electron chi connectivity index (χ1n) is 8.99. The van der Waals surface area contributed by atoms with Crippen molar-refractivity contribution in [3.05, 3.63) is 83.9 Å². The Morgan fingerprint density at radius 2 is 1.73 bits per heavy atom. The molecule has 4 rings (SSSR count).